The lowest BCUT2D eigenvalue weighted by atomic mass is 9.86. The highest BCUT2D eigenvalue weighted by molar-refractivity contribution is 7.98. The first-order chi connectivity index (χ1) is 16.0. The van der Waals surface area contributed by atoms with Crippen molar-refractivity contribution in [1.82, 2.24) is 9.97 Å². The number of thioether (sulfide) groups is 1. The van der Waals surface area contributed by atoms with Crippen LogP contribution in [-0.4, -0.2) is 29.6 Å². The Morgan fingerprint density at radius 3 is 2.82 bits per heavy atom. The molecule has 0 fully saturated rings. The van der Waals surface area contributed by atoms with E-state index in [1.165, 1.54) is 18.9 Å². The Bertz CT molecular complexity index is 1260. The number of carbonyl (C=O) groups is 1. The van der Waals surface area contributed by atoms with Crippen molar-refractivity contribution >= 4 is 35.1 Å². The van der Waals surface area contributed by atoms with E-state index in [-0.39, 0.29) is 23.7 Å². The Balaban J connectivity index is 1.65. The molecule has 0 bridgehead atoms. The molecule has 33 heavy (non-hydrogen) atoms. The van der Waals surface area contributed by atoms with Crippen molar-refractivity contribution in [3.63, 3.8) is 0 Å². The van der Waals surface area contributed by atoms with E-state index in [9.17, 15) is 9.59 Å². The van der Waals surface area contributed by atoms with E-state index in [1.54, 1.807) is 18.2 Å². The summed E-state index contributed by atoms with van der Waals surface area (Å²) in [4.78, 5) is 32.9. The number of anilines is 1. The van der Waals surface area contributed by atoms with E-state index in [0.29, 0.717) is 39.6 Å². The van der Waals surface area contributed by atoms with Crippen LogP contribution >= 0.6 is 23.4 Å². The van der Waals surface area contributed by atoms with Crippen LogP contribution in [0.15, 0.2) is 65.1 Å². The van der Waals surface area contributed by atoms with Crippen LogP contribution in [-0.2, 0) is 10.5 Å². The predicted molar refractivity (Wildman–Crippen MR) is 130 cm³/mol. The number of hydrogen-bond donors (Lipinski definition) is 2. The number of fused-ring (bicyclic) bond motifs is 1. The number of hydrogen-bond acceptors (Lipinski definition) is 6. The summed E-state index contributed by atoms with van der Waals surface area (Å²) in [5.41, 5.74) is 1.81. The molecule has 0 radical (unpaired) electrons. The third-order valence-corrected chi connectivity index (χ3v) is 6.49. The van der Waals surface area contributed by atoms with E-state index in [4.69, 9.17) is 21.1 Å². The average molecular weight is 484 g/mol. The summed E-state index contributed by atoms with van der Waals surface area (Å²) in [5.74, 6) is 1.20. The van der Waals surface area contributed by atoms with Gasteiger partial charge in [-0.15, -0.1) is 0 Å². The van der Waals surface area contributed by atoms with Crippen molar-refractivity contribution in [2.75, 3.05) is 19.0 Å². The lowest BCUT2D eigenvalue weighted by Crippen LogP contribution is -2.31. The van der Waals surface area contributed by atoms with Gasteiger partial charge in [0, 0.05) is 23.1 Å². The van der Waals surface area contributed by atoms with Crippen LogP contribution in [0.25, 0.3) is 0 Å². The average Bonchev–Trinajstić information content (AvgIpc) is 2.81. The zero-order valence-corrected chi connectivity index (χ0v) is 19.5. The molecule has 1 amide bonds. The molecule has 2 N–H and O–H groups in total. The Kier molecular flexibility index (Phi) is 7.05. The monoisotopic (exact) mass is 483 g/mol. The summed E-state index contributed by atoms with van der Waals surface area (Å²) in [7, 11) is 1.54. The second kappa shape index (κ2) is 10.1. The zero-order valence-electron chi connectivity index (χ0n) is 17.9. The summed E-state index contributed by atoms with van der Waals surface area (Å²) in [5, 5.41) is 3.80. The van der Waals surface area contributed by atoms with Crippen molar-refractivity contribution in [3.05, 3.63) is 87.2 Å². The molecule has 0 saturated heterocycles. The SMILES string of the molecule is C=CCOc1ccc(C2CC(=O)Nc3nc(SCc4ccccc4Cl)[nH]c(=O)c32)cc1OC. The molecule has 2 aromatic carbocycles. The molecule has 3 aromatic rings. The molecular weight excluding hydrogens is 462 g/mol. The molecule has 2 heterocycles. The number of ether oxygens (including phenoxy) is 2. The van der Waals surface area contributed by atoms with Crippen molar-refractivity contribution in [1.29, 1.82) is 0 Å². The summed E-state index contributed by atoms with van der Waals surface area (Å²) < 4.78 is 11.1. The van der Waals surface area contributed by atoms with Gasteiger partial charge in [0.25, 0.3) is 5.56 Å². The maximum atomic E-state index is 13.1. The number of nitrogens with one attached hydrogen (secondary N) is 2. The van der Waals surface area contributed by atoms with Gasteiger partial charge in [-0.25, -0.2) is 4.98 Å². The normalized spacial score (nSPS) is 14.8. The number of amides is 1. The number of aromatic nitrogens is 2. The van der Waals surface area contributed by atoms with E-state index < -0.39 is 5.92 Å². The second-order valence-corrected chi connectivity index (χ2v) is 8.70. The van der Waals surface area contributed by atoms with E-state index in [1.807, 2.05) is 30.3 Å². The number of rotatable bonds is 8. The third-order valence-electron chi connectivity index (χ3n) is 5.20. The number of H-pyrrole nitrogens is 1. The van der Waals surface area contributed by atoms with E-state index >= 15 is 0 Å². The smallest absolute Gasteiger partial charge is 0.257 e. The van der Waals surface area contributed by atoms with Crippen molar-refractivity contribution < 1.29 is 14.3 Å². The van der Waals surface area contributed by atoms with Gasteiger partial charge in [-0.3, -0.25) is 9.59 Å². The van der Waals surface area contributed by atoms with Gasteiger partial charge in [0.15, 0.2) is 16.7 Å². The number of aromatic amines is 1. The molecule has 1 atom stereocenters. The molecule has 0 spiro atoms. The minimum Gasteiger partial charge on any atom is -0.493 e. The Morgan fingerprint density at radius 1 is 1.24 bits per heavy atom. The molecular formula is C24H22ClN3O4S. The molecule has 4 rings (SSSR count). The molecule has 9 heteroatoms. The van der Waals surface area contributed by atoms with Gasteiger partial charge in [-0.2, -0.15) is 0 Å². The number of carbonyl (C=O) groups excluding carboxylic acids is 1. The zero-order chi connectivity index (χ0) is 23.4. The fraction of sp³-hybridized carbons (Fsp3) is 0.208. The van der Waals surface area contributed by atoms with Gasteiger partial charge in [-0.05, 0) is 29.3 Å². The van der Waals surface area contributed by atoms with Crippen LogP contribution in [0.4, 0.5) is 5.82 Å². The van der Waals surface area contributed by atoms with Gasteiger partial charge >= 0.3 is 0 Å². The summed E-state index contributed by atoms with van der Waals surface area (Å²) >= 11 is 7.56. The Labute approximate surface area is 200 Å². The fourth-order valence-electron chi connectivity index (χ4n) is 3.63. The van der Waals surface area contributed by atoms with Gasteiger partial charge in [-0.1, -0.05) is 60.3 Å². The molecule has 1 aliphatic rings. The largest absolute Gasteiger partial charge is 0.493 e. The number of methoxy groups -OCH3 is 1. The highest BCUT2D eigenvalue weighted by Gasteiger charge is 2.31. The highest BCUT2D eigenvalue weighted by atomic mass is 35.5. The van der Waals surface area contributed by atoms with E-state index in [2.05, 4.69) is 21.9 Å². The molecule has 1 aromatic heterocycles. The molecule has 0 saturated carbocycles. The Hall–Kier alpha value is -3.23. The fourth-order valence-corrected chi connectivity index (χ4v) is 4.78. The maximum Gasteiger partial charge on any atom is 0.257 e. The minimum absolute atomic E-state index is 0.125. The summed E-state index contributed by atoms with van der Waals surface area (Å²) in [6.45, 7) is 3.98. The molecule has 1 aliphatic heterocycles. The van der Waals surface area contributed by atoms with Crippen LogP contribution in [0, 0.1) is 0 Å². The molecule has 1 unspecified atom stereocenters. The minimum atomic E-state index is -0.463. The van der Waals surface area contributed by atoms with Gasteiger partial charge in [0.1, 0.15) is 12.4 Å². The second-order valence-electron chi connectivity index (χ2n) is 7.33. The summed E-state index contributed by atoms with van der Waals surface area (Å²) in [6.07, 6.45) is 1.77. The van der Waals surface area contributed by atoms with Crippen LogP contribution in [0.1, 0.15) is 29.0 Å². The number of benzene rings is 2. The Morgan fingerprint density at radius 2 is 2.06 bits per heavy atom. The molecule has 7 nitrogen and oxygen atoms in total. The first kappa shape index (κ1) is 22.9. The van der Waals surface area contributed by atoms with Gasteiger partial charge < -0.3 is 19.8 Å². The van der Waals surface area contributed by atoms with Crippen LogP contribution < -0.4 is 20.3 Å². The lowest BCUT2D eigenvalue weighted by molar-refractivity contribution is -0.116. The highest BCUT2D eigenvalue weighted by Crippen LogP contribution is 2.38. The van der Waals surface area contributed by atoms with E-state index in [0.717, 1.165) is 11.1 Å². The van der Waals surface area contributed by atoms with Crippen LogP contribution in [0.5, 0.6) is 11.5 Å². The molecule has 0 aliphatic carbocycles. The quantitative estimate of drug-likeness (QED) is 0.272. The van der Waals surface area contributed by atoms with Crippen molar-refractivity contribution in [3.8, 4) is 11.5 Å². The van der Waals surface area contributed by atoms with Crippen LogP contribution in [0.3, 0.4) is 0 Å². The standard InChI is InChI=1S/C24H22ClN3O4S/c1-3-10-32-18-9-8-14(11-19(18)31-2)16-12-20(29)26-22-21(16)23(30)28-24(27-22)33-13-15-6-4-5-7-17(15)25/h3-9,11,16H,1,10,12-13H2,2H3,(H2,26,27,28,29,30). The topological polar surface area (TPSA) is 93.3 Å². The van der Waals surface area contributed by atoms with Gasteiger partial charge in [0.05, 0.1) is 12.7 Å². The van der Waals surface area contributed by atoms with Crippen molar-refractivity contribution in [2.24, 2.45) is 0 Å². The number of halogens is 1. The van der Waals surface area contributed by atoms with Gasteiger partial charge in [0.2, 0.25) is 5.91 Å². The third kappa shape index (κ3) is 5.07. The van der Waals surface area contributed by atoms with Crippen molar-refractivity contribution in [2.45, 2.75) is 23.2 Å². The summed E-state index contributed by atoms with van der Waals surface area (Å²) in [6, 6.07) is 12.9. The lowest BCUT2D eigenvalue weighted by Gasteiger charge is -2.25. The first-order valence-corrected chi connectivity index (χ1v) is 11.6. The predicted octanol–water partition coefficient (Wildman–Crippen LogP) is 4.76. The first-order valence-electron chi connectivity index (χ1n) is 10.2. The number of nitrogens with zero attached hydrogens (tertiary/aromatic N) is 1. The maximum absolute atomic E-state index is 13.1. The molecule has 170 valence electrons. The van der Waals surface area contributed by atoms with Crippen LogP contribution in [0.2, 0.25) is 5.02 Å².